The summed E-state index contributed by atoms with van der Waals surface area (Å²) in [4.78, 5) is 47.4. The number of amides is 2. The Hall–Kier alpha value is -3.72. The summed E-state index contributed by atoms with van der Waals surface area (Å²) >= 11 is 0. The van der Waals surface area contributed by atoms with Crippen LogP contribution < -0.4 is 10.6 Å². The minimum absolute atomic E-state index is 0.0672. The quantitative estimate of drug-likeness (QED) is 0.0283. The van der Waals surface area contributed by atoms with Crippen molar-refractivity contribution < 1.29 is 34.1 Å². The minimum Gasteiger partial charge on any atom is -0.480 e. The molecule has 9 heteroatoms. The third-order valence-electron chi connectivity index (χ3n) is 8.72. The van der Waals surface area contributed by atoms with Gasteiger partial charge in [0.05, 0.1) is 13.2 Å². The Morgan fingerprint density at radius 1 is 0.574 bits per heavy atom. The van der Waals surface area contributed by atoms with Gasteiger partial charge in [0.15, 0.2) is 0 Å². The van der Waals surface area contributed by atoms with E-state index in [0.29, 0.717) is 12.8 Å². The molecule has 0 saturated carbocycles. The molecule has 2 amide bonds. The number of hydrogen-bond acceptors (Lipinski definition) is 6. The van der Waals surface area contributed by atoms with Crippen molar-refractivity contribution >= 4 is 23.8 Å². The van der Waals surface area contributed by atoms with Gasteiger partial charge in [0, 0.05) is 12.8 Å². The van der Waals surface area contributed by atoms with Crippen LogP contribution in [-0.4, -0.2) is 59.3 Å². The van der Waals surface area contributed by atoms with Gasteiger partial charge < -0.3 is 25.6 Å². The number of carbonyl (C=O) groups is 4. The highest BCUT2D eigenvalue weighted by Crippen LogP contribution is 2.18. The third kappa shape index (κ3) is 35.3. The smallest absolute Gasteiger partial charge is 0.328 e. The number of unbranched alkanes of at least 4 members (excludes halogenated alkanes) is 10. The van der Waals surface area contributed by atoms with E-state index in [4.69, 9.17) is 14.9 Å². The molecule has 0 aliphatic rings. The highest BCUT2D eigenvalue weighted by Gasteiger charge is 2.19. The summed E-state index contributed by atoms with van der Waals surface area (Å²) in [7, 11) is 0. The van der Waals surface area contributed by atoms with Gasteiger partial charge in [0.1, 0.15) is 12.1 Å². The molecule has 54 heavy (non-hydrogen) atoms. The Morgan fingerprint density at radius 2 is 1.06 bits per heavy atom. The van der Waals surface area contributed by atoms with Gasteiger partial charge in [-0.1, -0.05) is 132 Å². The first-order valence-corrected chi connectivity index (χ1v) is 20.8. The number of rotatable bonds is 36. The Bertz CT molecular complexity index is 1140. The van der Waals surface area contributed by atoms with Gasteiger partial charge in [-0.2, -0.15) is 0 Å². The molecule has 0 spiro atoms. The van der Waals surface area contributed by atoms with Crippen molar-refractivity contribution in [2.24, 2.45) is 0 Å². The van der Waals surface area contributed by atoms with Crippen LogP contribution >= 0.6 is 0 Å². The number of carboxylic acid groups (broad SMARTS) is 1. The van der Waals surface area contributed by atoms with E-state index in [1.165, 1.54) is 25.7 Å². The van der Waals surface area contributed by atoms with E-state index < -0.39 is 24.5 Å². The van der Waals surface area contributed by atoms with E-state index in [9.17, 15) is 19.2 Å². The fraction of sp³-hybridized carbons (Fsp3) is 0.644. The van der Waals surface area contributed by atoms with Crippen LogP contribution in [0.3, 0.4) is 0 Å². The molecule has 0 aliphatic carbocycles. The first kappa shape index (κ1) is 50.3. The lowest BCUT2D eigenvalue weighted by atomic mass is 10.0. The van der Waals surface area contributed by atoms with Gasteiger partial charge in [-0.05, 0) is 89.9 Å². The summed E-state index contributed by atoms with van der Waals surface area (Å²) in [6.07, 6.45) is 48.0. The average molecular weight is 755 g/mol. The molecule has 306 valence electrons. The van der Waals surface area contributed by atoms with E-state index in [-0.39, 0.29) is 30.9 Å². The predicted molar refractivity (Wildman–Crippen MR) is 222 cm³/mol. The maximum atomic E-state index is 12.7. The van der Waals surface area contributed by atoms with Crippen LogP contribution in [0.1, 0.15) is 162 Å². The molecule has 0 bridgehead atoms. The summed E-state index contributed by atoms with van der Waals surface area (Å²) < 4.78 is 5.94. The van der Waals surface area contributed by atoms with Crippen LogP contribution in [0.2, 0.25) is 0 Å². The molecule has 9 nitrogen and oxygen atoms in total. The second-order valence-electron chi connectivity index (χ2n) is 13.7. The molecule has 0 fully saturated rings. The summed E-state index contributed by atoms with van der Waals surface area (Å²) in [5, 5.41) is 22.5. The van der Waals surface area contributed by atoms with Gasteiger partial charge in [0.25, 0.3) is 0 Å². The molecule has 0 aromatic heterocycles. The predicted octanol–water partition coefficient (Wildman–Crippen LogP) is 9.93. The molecular weight excluding hydrogens is 681 g/mol. The zero-order chi connectivity index (χ0) is 39.7. The summed E-state index contributed by atoms with van der Waals surface area (Å²) in [6, 6.07) is -1.39. The maximum absolute atomic E-state index is 12.7. The van der Waals surface area contributed by atoms with E-state index in [2.05, 4.69) is 97.4 Å². The number of hydrogen-bond donors (Lipinski definition) is 4. The first-order valence-electron chi connectivity index (χ1n) is 20.8. The Balaban J connectivity index is 4.22. The summed E-state index contributed by atoms with van der Waals surface area (Å²) in [5.74, 6) is -2.39. The van der Waals surface area contributed by atoms with Gasteiger partial charge in [-0.15, -0.1) is 0 Å². The lowest BCUT2D eigenvalue weighted by molar-refractivity contribution is -0.150. The summed E-state index contributed by atoms with van der Waals surface area (Å²) in [5.41, 5.74) is 0. The van der Waals surface area contributed by atoms with Crippen molar-refractivity contribution in [3.8, 4) is 0 Å². The molecule has 0 saturated heterocycles. The highest BCUT2D eigenvalue weighted by molar-refractivity contribution is 5.87. The van der Waals surface area contributed by atoms with Gasteiger partial charge in [-0.3, -0.25) is 14.4 Å². The third-order valence-corrected chi connectivity index (χ3v) is 8.72. The zero-order valence-electron chi connectivity index (χ0n) is 33.7. The SMILES string of the molecule is CC/C=C\C/C=C\C/C=C\C/C=C\C/C=C\C/C=C\CCCCC(=O)OC(CCCCCCCC)CCCCCCC(=O)NCC(=O)NC(CO)C(=O)O. The molecule has 0 heterocycles. The Morgan fingerprint density at radius 3 is 1.57 bits per heavy atom. The number of aliphatic hydroxyl groups excluding tert-OH is 1. The first-order chi connectivity index (χ1) is 26.3. The minimum atomic E-state index is -1.39. The monoisotopic (exact) mass is 755 g/mol. The van der Waals surface area contributed by atoms with Crippen LogP contribution in [-0.2, 0) is 23.9 Å². The van der Waals surface area contributed by atoms with Crippen molar-refractivity contribution in [2.45, 2.75) is 174 Å². The van der Waals surface area contributed by atoms with Crippen molar-refractivity contribution in [1.82, 2.24) is 10.6 Å². The van der Waals surface area contributed by atoms with Crippen molar-refractivity contribution in [3.05, 3.63) is 72.9 Å². The number of aliphatic carboxylic acids is 1. The molecular formula is C45H74N2O7. The molecule has 0 radical (unpaired) electrons. The molecule has 2 atom stereocenters. The number of carbonyl (C=O) groups excluding carboxylic acids is 3. The number of aliphatic hydroxyl groups is 1. The van der Waals surface area contributed by atoms with Crippen molar-refractivity contribution in [3.63, 3.8) is 0 Å². The van der Waals surface area contributed by atoms with Crippen LogP contribution in [0.15, 0.2) is 72.9 Å². The van der Waals surface area contributed by atoms with E-state index in [1.54, 1.807) is 0 Å². The number of nitrogens with one attached hydrogen (secondary N) is 2. The number of allylic oxidation sites excluding steroid dienone is 12. The van der Waals surface area contributed by atoms with Gasteiger partial charge in [-0.25, -0.2) is 4.79 Å². The van der Waals surface area contributed by atoms with Crippen LogP contribution in [0.5, 0.6) is 0 Å². The van der Waals surface area contributed by atoms with E-state index in [0.717, 1.165) is 103 Å². The largest absolute Gasteiger partial charge is 0.480 e. The molecule has 0 aliphatic heterocycles. The van der Waals surface area contributed by atoms with Crippen LogP contribution in [0, 0.1) is 0 Å². The topological polar surface area (TPSA) is 142 Å². The molecule has 0 aromatic carbocycles. The summed E-state index contributed by atoms with van der Waals surface area (Å²) in [6.45, 7) is 3.30. The molecule has 4 N–H and O–H groups in total. The van der Waals surface area contributed by atoms with Crippen molar-refractivity contribution in [2.75, 3.05) is 13.2 Å². The number of ether oxygens (including phenoxy) is 1. The fourth-order valence-electron chi connectivity index (χ4n) is 5.54. The standard InChI is InChI=1S/C45H74N2O7/c1-3-5-7-9-11-12-13-14-15-16-17-18-19-20-21-22-23-24-25-27-33-37-44(51)54-40(34-30-26-10-8-6-4-2)35-31-28-29-32-36-42(49)46-38-43(50)47-41(39-48)45(52)53/h5,7,11-12,14-15,17-18,20-21,23-24,40-41,48H,3-4,6,8-10,13,16,19,22,25-39H2,1-2H3,(H,46,49)(H,47,50)(H,52,53)/b7-5-,12-11-,15-14-,18-17-,21-20-,24-23-. The average Bonchev–Trinajstić information content (AvgIpc) is 3.15. The number of carboxylic acids is 1. The second-order valence-corrected chi connectivity index (χ2v) is 13.7. The fourth-order valence-corrected chi connectivity index (χ4v) is 5.54. The van der Waals surface area contributed by atoms with Crippen LogP contribution in [0.25, 0.3) is 0 Å². The molecule has 0 rings (SSSR count). The lowest BCUT2D eigenvalue weighted by Gasteiger charge is -2.18. The van der Waals surface area contributed by atoms with Gasteiger partial charge >= 0.3 is 11.9 Å². The number of esters is 1. The molecule has 0 aromatic rings. The molecule has 2 unspecified atom stereocenters. The van der Waals surface area contributed by atoms with E-state index >= 15 is 0 Å². The van der Waals surface area contributed by atoms with Gasteiger partial charge in [0.2, 0.25) is 11.8 Å². The van der Waals surface area contributed by atoms with Crippen molar-refractivity contribution in [1.29, 1.82) is 0 Å². The van der Waals surface area contributed by atoms with E-state index in [1.807, 2.05) is 0 Å². The normalized spacial score (nSPS) is 13.2. The zero-order valence-corrected chi connectivity index (χ0v) is 33.7. The second kappa shape index (κ2) is 39.0. The lowest BCUT2D eigenvalue weighted by Crippen LogP contribution is -2.47. The Labute approximate surface area is 327 Å². The Kier molecular flexibility index (Phi) is 36.3. The highest BCUT2D eigenvalue weighted by atomic mass is 16.5. The maximum Gasteiger partial charge on any atom is 0.328 e. The van der Waals surface area contributed by atoms with Crippen LogP contribution in [0.4, 0.5) is 0 Å².